The summed E-state index contributed by atoms with van der Waals surface area (Å²) in [5.74, 6) is 0. The third-order valence-corrected chi connectivity index (χ3v) is 4.81. The molecule has 26 heavy (non-hydrogen) atoms. The Hall–Kier alpha value is -2.41. The van der Waals surface area contributed by atoms with Gasteiger partial charge in [-0.3, -0.25) is 0 Å². The number of rotatable bonds is 4. The first-order valence-corrected chi connectivity index (χ1v) is 9.60. The van der Waals surface area contributed by atoms with Crippen molar-refractivity contribution in [1.82, 2.24) is 0 Å². The van der Waals surface area contributed by atoms with E-state index in [0.717, 1.165) is 22.0 Å². The highest BCUT2D eigenvalue weighted by molar-refractivity contribution is 8.23. The predicted octanol–water partition coefficient (Wildman–Crippen LogP) is 5.98. The summed E-state index contributed by atoms with van der Waals surface area (Å²) in [5, 5.41) is 10.2. The predicted molar refractivity (Wildman–Crippen MR) is 121 cm³/mol. The number of para-hydroxylation sites is 3. The van der Waals surface area contributed by atoms with Crippen LogP contribution in [0.1, 0.15) is 0 Å². The van der Waals surface area contributed by atoms with Crippen LogP contribution in [-0.2, 0) is 0 Å². The number of benzene rings is 3. The van der Waals surface area contributed by atoms with Gasteiger partial charge in [-0.2, -0.15) is 0 Å². The van der Waals surface area contributed by atoms with Gasteiger partial charge in [0.15, 0.2) is 5.11 Å². The van der Waals surface area contributed by atoms with Gasteiger partial charge in [0.2, 0.25) is 0 Å². The van der Waals surface area contributed by atoms with Crippen LogP contribution in [0.3, 0.4) is 0 Å². The molecule has 3 aromatic rings. The molecule has 0 spiro atoms. The maximum Gasteiger partial charge on any atom is 0.175 e. The second-order valence-electron chi connectivity index (χ2n) is 5.32. The summed E-state index contributed by atoms with van der Waals surface area (Å²) in [7, 11) is 0. The van der Waals surface area contributed by atoms with Crippen molar-refractivity contribution in [3.05, 3.63) is 84.9 Å². The van der Waals surface area contributed by atoms with Gasteiger partial charge in [0.25, 0.3) is 0 Å². The van der Waals surface area contributed by atoms with E-state index in [-0.39, 0.29) is 0 Å². The van der Waals surface area contributed by atoms with Crippen molar-refractivity contribution in [2.24, 2.45) is 0 Å². The molecule has 0 aliphatic rings. The van der Waals surface area contributed by atoms with E-state index in [1.165, 1.54) is 11.8 Å². The van der Waals surface area contributed by atoms with Crippen LogP contribution in [0.2, 0.25) is 0 Å². The lowest BCUT2D eigenvalue weighted by Crippen LogP contribution is -2.19. The van der Waals surface area contributed by atoms with Crippen LogP contribution in [0.5, 0.6) is 0 Å². The summed E-state index contributed by atoms with van der Waals surface area (Å²) >= 11 is 12.4. The van der Waals surface area contributed by atoms with Crippen LogP contribution < -0.4 is 16.0 Å². The maximum atomic E-state index is 5.47. The molecule has 0 aliphatic carbocycles. The number of hydrogen-bond donors (Lipinski definition) is 3. The fourth-order valence-electron chi connectivity index (χ4n) is 2.23. The summed E-state index contributed by atoms with van der Waals surface area (Å²) in [5.41, 5.74) is 2.82. The van der Waals surface area contributed by atoms with Crippen molar-refractivity contribution in [2.75, 3.05) is 16.0 Å². The molecule has 3 N–H and O–H groups in total. The van der Waals surface area contributed by atoms with Crippen molar-refractivity contribution in [2.45, 2.75) is 4.90 Å². The van der Waals surface area contributed by atoms with E-state index in [9.17, 15) is 0 Å². The minimum Gasteiger partial charge on any atom is -0.341 e. The summed E-state index contributed by atoms with van der Waals surface area (Å²) in [6.07, 6.45) is 0. The van der Waals surface area contributed by atoms with E-state index in [2.05, 4.69) is 16.0 Å². The molecule has 0 saturated carbocycles. The standard InChI is InChI=1S/C20H17N3S3/c24-19(21-15-9-3-1-4-10-15)23-17-13-7-8-14-18(17)26-20(25)22-16-11-5-2-6-12-16/h1-14H,(H,22,25)(H2,21,23,24). The Labute approximate surface area is 168 Å². The zero-order valence-corrected chi connectivity index (χ0v) is 16.3. The molecule has 0 saturated heterocycles. The van der Waals surface area contributed by atoms with E-state index in [1.54, 1.807) is 0 Å². The zero-order chi connectivity index (χ0) is 18.2. The van der Waals surface area contributed by atoms with Gasteiger partial charge in [0.1, 0.15) is 4.32 Å². The fraction of sp³-hybridized carbons (Fsp3) is 0. The molecule has 0 fully saturated rings. The minimum absolute atomic E-state index is 0.534. The molecule has 6 heteroatoms. The molecule has 0 aromatic heterocycles. The van der Waals surface area contributed by atoms with Gasteiger partial charge in [-0.1, -0.05) is 72.5 Å². The van der Waals surface area contributed by atoms with Gasteiger partial charge in [-0.15, -0.1) is 0 Å². The second-order valence-corrected chi connectivity index (χ2v) is 7.45. The van der Waals surface area contributed by atoms with Crippen LogP contribution in [0, 0.1) is 0 Å². The Morgan fingerprint density at radius 1 is 0.615 bits per heavy atom. The second kappa shape index (κ2) is 9.33. The molecule has 0 unspecified atom stereocenters. The summed E-state index contributed by atoms with van der Waals surface area (Å²) in [4.78, 5) is 0.998. The first kappa shape index (κ1) is 18.4. The smallest absolute Gasteiger partial charge is 0.175 e. The number of thioether (sulfide) groups is 1. The van der Waals surface area contributed by atoms with Gasteiger partial charge in [-0.05, 0) is 48.6 Å². The first-order chi connectivity index (χ1) is 12.7. The Morgan fingerprint density at radius 2 is 1.15 bits per heavy atom. The van der Waals surface area contributed by atoms with Gasteiger partial charge in [0, 0.05) is 16.3 Å². The third kappa shape index (κ3) is 5.56. The number of hydrogen-bond acceptors (Lipinski definition) is 3. The van der Waals surface area contributed by atoms with Crippen LogP contribution in [0.4, 0.5) is 17.1 Å². The Morgan fingerprint density at radius 3 is 1.81 bits per heavy atom. The summed E-state index contributed by atoms with van der Waals surface area (Å²) in [6.45, 7) is 0. The summed E-state index contributed by atoms with van der Waals surface area (Å²) in [6, 6.07) is 27.6. The van der Waals surface area contributed by atoms with E-state index in [1.807, 2.05) is 84.9 Å². The van der Waals surface area contributed by atoms with Gasteiger partial charge in [-0.25, -0.2) is 0 Å². The molecule has 3 nitrogen and oxygen atoms in total. The van der Waals surface area contributed by atoms with E-state index < -0.39 is 0 Å². The highest BCUT2D eigenvalue weighted by atomic mass is 32.2. The lowest BCUT2D eigenvalue weighted by molar-refractivity contribution is 1.45. The Balaban J connectivity index is 1.64. The van der Waals surface area contributed by atoms with Gasteiger partial charge >= 0.3 is 0 Å². The average molecular weight is 396 g/mol. The van der Waals surface area contributed by atoms with Crippen LogP contribution in [0.15, 0.2) is 89.8 Å². The molecule has 0 amide bonds. The highest BCUT2D eigenvalue weighted by Gasteiger charge is 2.08. The number of nitrogens with one attached hydrogen (secondary N) is 3. The van der Waals surface area contributed by atoms with Crippen LogP contribution in [-0.4, -0.2) is 9.43 Å². The van der Waals surface area contributed by atoms with E-state index >= 15 is 0 Å². The monoisotopic (exact) mass is 395 g/mol. The molecule has 0 bridgehead atoms. The molecule has 0 atom stereocenters. The van der Waals surface area contributed by atoms with Crippen molar-refractivity contribution >= 4 is 62.7 Å². The van der Waals surface area contributed by atoms with Crippen molar-refractivity contribution in [3.8, 4) is 0 Å². The van der Waals surface area contributed by atoms with Crippen molar-refractivity contribution in [1.29, 1.82) is 0 Å². The Bertz CT molecular complexity index is 809. The molecule has 0 aliphatic heterocycles. The summed E-state index contributed by atoms with van der Waals surface area (Å²) < 4.78 is 0.674. The number of thiocarbonyl (C=S) groups is 2. The lowest BCUT2D eigenvalue weighted by Gasteiger charge is -2.14. The molecule has 130 valence electrons. The normalized spacial score (nSPS) is 10.0. The topological polar surface area (TPSA) is 36.1 Å². The molecule has 3 aromatic carbocycles. The minimum atomic E-state index is 0.534. The largest absolute Gasteiger partial charge is 0.341 e. The Kier molecular flexibility index (Phi) is 6.60. The third-order valence-electron chi connectivity index (χ3n) is 3.39. The fourth-order valence-corrected chi connectivity index (χ4v) is 3.59. The molecule has 0 heterocycles. The molecular weight excluding hydrogens is 378 g/mol. The first-order valence-electron chi connectivity index (χ1n) is 7.97. The molecular formula is C20H17N3S3. The molecule has 0 radical (unpaired) electrons. The highest BCUT2D eigenvalue weighted by Crippen LogP contribution is 2.29. The average Bonchev–Trinajstić information content (AvgIpc) is 2.65. The van der Waals surface area contributed by atoms with E-state index in [0.29, 0.717) is 9.43 Å². The maximum absolute atomic E-state index is 5.47. The van der Waals surface area contributed by atoms with Gasteiger partial charge < -0.3 is 16.0 Å². The molecule has 3 rings (SSSR count). The van der Waals surface area contributed by atoms with Crippen LogP contribution >= 0.6 is 36.2 Å². The SMILES string of the molecule is S=C(Nc1ccccc1)Nc1ccccc1SC(=S)Nc1ccccc1. The van der Waals surface area contributed by atoms with E-state index in [4.69, 9.17) is 24.4 Å². The zero-order valence-electron chi connectivity index (χ0n) is 13.8. The van der Waals surface area contributed by atoms with Crippen molar-refractivity contribution in [3.63, 3.8) is 0 Å². The lowest BCUT2D eigenvalue weighted by atomic mass is 10.3. The number of anilines is 3. The van der Waals surface area contributed by atoms with Crippen LogP contribution in [0.25, 0.3) is 0 Å². The van der Waals surface area contributed by atoms with Gasteiger partial charge in [0.05, 0.1) is 5.69 Å². The quantitative estimate of drug-likeness (QED) is 0.372. The van der Waals surface area contributed by atoms with Crippen molar-refractivity contribution < 1.29 is 0 Å².